The van der Waals surface area contributed by atoms with Crippen LogP contribution in [0.3, 0.4) is 0 Å². The molecule has 0 N–H and O–H groups in total. The van der Waals surface area contributed by atoms with Crippen LogP contribution in [0.15, 0.2) is 12.7 Å². The molecular formula is C13H25NO2. The van der Waals surface area contributed by atoms with Gasteiger partial charge in [-0.2, -0.15) is 0 Å². The smallest absolute Gasteiger partial charge is 0.331 e. The summed E-state index contributed by atoms with van der Waals surface area (Å²) in [6.45, 7) is 13.9. The summed E-state index contributed by atoms with van der Waals surface area (Å²) in [4.78, 5) is 13.4. The van der Waals surface area contributed by atoms with Crippen LogP contribution in [0.4, 0.5) is 0 Å². The van der Waals surface area contributed by atoms with Gasteiger partial charge in [-0.05, 0) is 33.6 Å². The van der Waals surface area contributed by atoms with E-state index in [0.717, 1.165) is 12.8 Å². The van der Waals surface area contributed by atoms with Gasteiger partial charge in [0, 0.05) is 18.2 Å². The predicted octanol–water partition coefficient (Wildman–Crippen LogP) is 2.96. The molecule has 0 aliphatic heterocycles. The van der Waals surface area contributed by atoms with Crippen LogP contribution in [0.1, 0.15) is 47.5 Å². The van der Waals surface area contributed by atoms with Crippen LogP contribution >= 0.6 is 0 Å². The number of hydrogen-bond donors (Lipinski definition) is 0. The van der Waals surface area contributed by atoms with Gasteiger partial charge in [-0.15, -0.1) is 0 Å². The Morgan fingerprint density at radius 1 is 1.25 bits per heavy atom. The lowest BCUT2D eigenvalue weighted by Crippen LogP contribution is -2.47. The normalized spacial score (nSPS) is 16.6. The number of ether oxygens (including phenoxy) is 1. The molecule has 0 spiro atoms. The molecule has 0 rings (SSSR count). The van der Waals surface area contributed by atoms with Crippen molar-refractivity contribution < 1.29 is 9.53 Å². The fourth-order valence-corrected chi connectivity index (χ4v) is 1.85. The third-order valence-electron chi connectivity index (χ3n) is 3.07. The van der Waals surface area contributed by atoms with E-state index in [9.17, 15) is 4.79 Å². The van der Waals surface area contributed by atoms with Gasteiger partial charge in [0.1, 0.15) is 0 Å². The zero-order valence-corrected chi connectivity index (χ0v) is 11.2. The van der Waals surface area contributed by atoms with Gasteiger partial charge in [0.25, 0.3) is 0 Å². The van der Waals surface area contributed by atoms with Crippen molar-refractivity contribution in [3.8, 4) is 0 Å². The van der Waals surface area contributed by atoms with Gasteiger partial charge in [-0.1, -0.05) is 20.4 Å². The van der Waals surface area contributed by atoms with E-state index in [1.165, 1.54) is 6.08 Å². The number of carbonyl (C=O) groups is 1. The Morgan fingerprint density at radius 2 is 1.69 bits per heavy atom. The van der Waals surface area contributed by atoms with E-state index in [-0.39, 0.29) is 12.2 Å². The molecule has 0 heterocycles. The molecule has 0 radical (unpaired) electrons. The maximum atomic E-state index is 11.2. The lowest BCUT2D eigenvalue weighted by atomic mass is 10.1. The number of carbonyl (C=O) groups excluding carboxylic acids is 1. The summed E-state index contributed by atoms with van der Waals surface area (Å²) in [6, 6.07) is 0.810. The van der Waals surface area contributed by atoms with Crippen LogP contribution in [0, 0.1) is 0 Å². The van der Waals surface area contributed by atoms with Crippen molar-refractivity contribution in [3.63, 3.8) is 0 Å². The summed E-state index contributed by atoms with van der Waals surface area (Å²) in [5.41, 5.74) is 0. The fourth-order valence-electron chi connectivity index (χ4n) is 1.85. The van der Waals surface area contributed by atoms with Gasteiger partial charge >= 0.3 is 5.97 Å². The van der Waals surface area contributed by atoms with Crippen molar-refractivity contribution in [3.05, 3.63) is 12.7 Å². The lowest BCUT2D eigenvalue weighted by Gasteiger charge is -2.37. The Labute approximate surface area is 99.5 Å². The van der Waals surface area contributed by atoms with Gasteiger partial charge in [-0.25, -0.2) is 4.79 Å². The number of esters is 1. The van der Waals surface area contributed by atoms with Crippen LogP contribution < -0.4 is 0 Å². The zero-order chi connectivity index (χ0) is 12.7. The van der Waals surface area contributed by atoms with E-state index in [1.54, 1.807) is 0 Å². The number of rotatable bonds is 7. The van der Waals surface area contributed by atoms with E-state index in [0.29, 0.717) is 12.1 Å². The molecule has 0 aromatic carbocycles. The molecule has 0 amide bonds. The summed E-state index contributed by atoms with van der Waals surface area (Å²) < 4.78 is 5.28. The molecule has 0 saturated carbocycles. The Morgan fingerprint density at radius 3 is 2.00 bits per heavy atom. The van der Waals surface area contributed by atoms with Crippen LogP contribution in [0.25, 0.3) is 0 Å². The van der Waals surface area contributed by atoms with E-state index in [2.05, 4.69) is 39.2 Å². The van der Waals surface area contributed by atoms with Gasteiger partial charge in [0.05, 0.1) is 0 Å². The van der Waals surface area contributed by atoms with Crippen LogP contribution in [0.2, 0.25) is 0 Å². The molecule has 0 aliphatic rings. The summed E-state index contributed by atoms with van der Waals surface area (Å²) in [5, 5.41) is 0. The van der Waals surface area contributed by atoms with Gasteiger partial charge in [0.2, 0.25) is 0 Å². The molecule has 0 fully saturated rings. The minimum Gasteiger partial charge on any atom is -0.443 e. The largest absolute Gasteiger partial charge is 0.443 e. The maximum absolute atomic E-state index is 11.2. The zero-order valence-electron chi connectivity index (χ0n) is 11.2. The molecule has 0 aromatic rings. The second-order valence-corrected chi connectivity index (χ2v) is 4.20. The monoisotopic (exact) mass is 227 g/mol. The highest BCUT2D eigenvalue weighted by Gasteiger charge is 2.25. The molecule has 3 nitrogen and oxygen atoms in total. The molecule has 0 bridgehead atoms. The minimum absolute atomic E-state index is 0.199. The fraction of sp³-hybridized carbons (Fsp3) is 0.769. The van der Waals surface area contributed by atoms with E-state index in [1.807, 2.05) is 6.92 Å². The molecule has 3 atom stereocenters. The topological polar surface area (TPSA) is 29.5 Å². The summed E-state index contributed by atoms with van der Waals surface area (Å²) in [6.07, 6.45) is 3.10. The summed E-state index contributed by atoms with van der Waals surface area (Å²) in [7, 11) is 0. The minimum atomic E-state index is -0.357. The molecule has 3 heteroatoms. The van der Waals surface area contributed by atoms with Gasteiger partial charge in [0.15, 0.2) is 6.23 Å². The first-order valence-electron chi connectivity index (χ1n) is 6.08. The first-order chi connectivity index (χ1) is 7.47. The highest BCUT2D eigenvalue weighted by atomic mass is 16.6. The second-order valence-electron chi connectivity index (χ2n) is 4.20. The maximum Gasteiger partial charge on any atom is 0.331 e. The Bertz CT molecular complexity index is 218. The average molecular weight is 227 g/mol. The molecule has 16 heavy (non-hydrogen) atoms. The van der Waals surface area contributed by atoms with Crippen molar-refractivity contribution in [1.82, 2.24) is 4.90 Å². The lowest BCUT2D eigenvalue weighted by molar-refractivity contribution is -0.156. The molecule has 94 valence electrons. The van der Waals surface area contributed by atoms with Crippen molar-refractivity contribution in [2.75, 3.05) is 0 Å². The van der Waals surface area contributed by atoms with E-state index < -0.39 is 0 Å². The third-order valence-corrected chi connectivity index (χ3v) is 3.07. The quantitative estimate of drug-likeness (QED) is 0.380. The highest BCUT2D eigenvalue weighted by molar-refractivity contribution is 5.81. The Balaban J connectivity index is 4.61. The molecule has 0 aliphatic carbocycles. The molecule has 0 aromatic heterocycles. The molecular weight excluding hydrogens is 202 g/mol. The highest BCUT2D eigenvalue weighted by Crippen LogP contribution is 2.16. The second kappa shape index (κ2) is 7.44. The Kier molecular flexibility index (Phi) is 7.06. The number of hydrogen-bond acceptors (Lipinski definition) is 3. The first kappa shape index (κ1) is 15.2. The van der Waals surface area contributed by atoms with Crippen molar-refractivity contribution in [2.24, 2.45) is 0 Å². The van der Waals surface area contributed by atoms with E-state index in [4.69, 9.17) is 4.74 Å². The van der Waals surface area contributed by atoms with Crippen LogP contribution in [0.5, 0.6) is 0 Å². The molecule has 0 saturated heterocycles. The average Bonchev–Trinajstić information content (AvgIpc) is 2.28. The third kappa shape index (κ3) is 4.35. The number of nitrogens with zero attached hydrogens (tertiary/aromatic N) is 1. The predicted molar refractivity (Wildman–Crippen MR) is 67.1 cm³/mol. The standard InChI is InChI=1S/C13H25NO2/c1-7-10(4)14(11(5)8-2)12(6)16-13(15)9-3/h9-12H,3,7-8H2,1-2,4-6H3. The summed E-state index contributed by atoms with van der Waals surface area (Å²) >= 11 is 0. The van der Waals surface area contributed by atoms with Gasteiger partial charge < -0.3 is 4.74 Å². The van der Waals surface area contributed by atoms with Crippen molar-refractivity contribution in [1.29, 1.82) is 0 Å². The Hall–Kier alpha value is -0.830. The van der Waals surface area contributed by atoms with Crippen molar-refractivity contribution >= 4 is 5.97 Å². The van der Waals surface area contributed by atoms with Gasteiger partial charge in [-0.3, -0.25) is 4.90 Å². The SMILES string of the molecule is C=CC(=O)OC(C)N(C(C)CC)C(C)CC. The molecule has 3 unspecified atom stereocenters. The summed E-state index contributed by atoms with van der Waals surface area (Å²) in [5.74, 6) is -0.357. The van der Waals surface area contributed by atoms with Crippen LogP contribution in [-0.2, 0) is 9.53 Å². The van der Waals surface area contributed by atoms with Crippen LogP contribution in [-0.4, -0.2) is 29.2 Å². The van der Waals surface area contributed by atoms with E-state index >= 15 is 0 Å². The first-order valence-corrected chi connectivity index (χ1v) is 6.08. The van der Waals surface area contributed by atoms with Crippen molar-refractivity contribution in [2.45, 2.75) is 65.8 Å².